The van der Waals surface area contributed by atoms with Crippen molar-refractivity contribution >= 4 is 11.9 Å². The number of rotatable bonds is 58. The van der Waals surface area contributed by atoms with Gasteiger partial charge < -0.3 is 45.1 Å². The molecule has 0 aromatic carbocycles. The quantitative estimate of drug-likeness (QED) is 0.0195. The highest BCUT2D eigenvalue weighted by atomic mass is 16.7. The molecule has 86 heavy (non-hydrogen) atoms. The summed E-state index contributed by atoms with van der Waals surface area (Å²) in [6.45, 7) is 5.64. The van der Waals surface area contributed by atoms with E-state index in [9.17, 15) is 35.1 Å². The molecule has 0 saturated carbocycles. The van der Waals surface area contributed by atoms with Crippen LogP contribution >= 0.6 is 0 Å². The van der Waals surface area contributed by atoms with E-state index >= 15 is 0 Å². The zero-order valence-electron chi connectivity index (χ0n) is 54.6. The molecule has 6 N–H and O–H groups in total. The lowest BCUT2D eigenvalue weighted by Crippen LogP contribution is -2.61. The number of esters is 1. The van der Waals surface area contributed by atoms with E-state index < -0.39 is 67.4 Å². The summed E-state index contributed by atoms with van der Waals surface area (Å²) in [6.07, 6.45) is 75.1. The first kappa shape index (κ1) is 80.1. The predicted molar refractivity (Wildman–Crippen MR) is 361 cm³/mol. The number of unbranched alkanes of at least 4 members (excludes halogenated alkanes) is 26. The molecule has 1 heterocycles. The maximum Gasteiger partial charge on any atom is 0.306 e. The van der Waals surface area contributed by atoms with Crippen molar-refractivity contribution in [2.75, 3.05) is 13.2 Å². The van der Waals surface area contributed by atoms with E-state index in [1.807, 2.05) is 6.08 Å². The van der Waals surface area contributed by atoms with Crippen molar-refractivity contribution < 1.29 is 49.3 Å². The van der Waals surface area contributed by atoms with Crippen molar-refractivity contribution in [2.24, 2.45) is 0 Å². The third-order valence-corrected chi connectivity index (χ3v) is 15.6. The summed E-state index contributed by atoms with van der Waals surface area (Å²) in [5.74, 6) is -1.22. The van der Waals surface area contributed by atoms with Crippen LogP contribution in [0.25, 0.3) is 0 Å². The van der Waals surface area contributed by atoms with E-state index in [1.54, 1.807) is 6.08 Å². The monoisotopic (exact) mass is 1200 g/mol. The van der Waals surface area contributed by atoms with Crippen molar-refractivity contribution in [3.8, 4) is 0 Å². The molecule has 0 aliphatic carbocycles. The van der Waals surface area contributed by atoms with E-state index in [2.05, 4.69) is 135 Å². The summed E-state index contributed by atoms with van der Waals surface area (Å²) in [7, 11) is 0. The molecule has 492 valence electrons. The highest BCUT2D eigenvalue weighted by Crippen LogP contribution is 2.26. The van der Waals surface area contributed by atoms with Gasteiger partial charge in [-0.25, -0.2) is 0 Å². The molecule has 0 radical (unpaired) electrons. The number of carbonyl (C=O) groups is 2. The van der Waals surface area contributed by atoms with Gasteiger partial charge in [-0.2, -0.15) is 0 Å². The summed E-state index contributed by atoms with van der Waals surface area (Å²) in [5.41, 5.74) is 0. The molecule has 11 nitrogen and oxygen atoms in total. The number of nitrogens with one attached hydrogen (secondary N) is 1. The molecule has 1 fully saturated rings. The van der Waals surface area contributed by atoms with Crippen LogP contribution in [0.1, 0.15) is 278 Å². The lowest BCUT2D eigenvalue weighted by molar-refractivity contribution is -0.305. The molecule has 8 atom stereocenters. The van der Waals surface area contributed by atoms with Crippen LogP contribution in [0.15, 0.2) is 122 Å². The molecule has 1 aliphatic heterocycles. The van der Waals surface area contributed by atoms with E-state index in [1.165, 1.54) is 70.6 Å². The van der Waals surface area contributed by atoms with Crippen LogP contribution in [0.4, 0.5) is 0 Å². The fraction of sp³-hybridized carbons (Fsp3) is 0.707. The Labute approximate surface area is 525 Å². The van der Waals surface area contributed by atoms with Gasteiger partial charge in [0.25, 0.3) is 0 Å². The van der Waals surface area contributed by atoms with E-state index in [-0.39, 0.29) is 19.4 Å². The van der Waals surface area contributed by atoms with Gasteiger partial charge in [0, 0.05) is 6.42 Å². The molecule has 8 unspecified atom stereocenters. The Hall–Kier alpha value is -3.94. The topological polar surface area (TPSA) is 175 Å². The summed E-state index contributed by atoms with van der Waals surface area (Å²) in [6, 6.07) is -1.04. The molecular formula is C75H127NO10. The fourth-order valence-electron chi connectivity index (χ4n) is 10.1. The number of hydrogen-bond acceptors (Lipinski definition) is 10. The molecule has 1 amide bonds. The van der Waals surface area contributed by atoms with Crippen molar-refractivity contribution in [1.29, 1.82) is 0 Å². The number of carbonyl (C=O) groups excluding carboxylic acids is 2. The molecule has 1 aliphatic rings. The van der Waals surface area contributed by atoms with Crippen LogP contribution in [-0.2, 0) is 23.8 Å². The minimum Gasteiger partial charge on any atom is -0.454 e. The van der Waals surface area contributed by atoms with Gasteiger partial charge in [0.2, 0.25) is 5.91 Å². The zero-order chi connectivity index (χ0) is 62.4. The van der Waals surface area contributed by atoms with Crippen LogP contribution < -0.4 is 5.32 Å². The second-order valence-electron chi connectivity index (χ2n) is 23.5. The van der Waals surface area contributed by atoms with Gasteiger partial charge in [0.1, 0.15) is 24.4 Å². The average molecular weight is 1200 g/mol. The summed E-state index contributed by atoms with van der Waals surface area (Å²) in [4.78, 5) is 26.7. The number of ether oxygens (including phenoxy) is 3. The Morgan fingerprint density at radius 3 is 1.28 bits per heavy atom. The molecular weight excluding hydrogens is 1070 g/mol. The first-order chi connectivity index (χ1) is 42.2. The third kappa shape index (κ3) is 48.0. The fourth-order valence-corrected chi connectivity index (χ4v) is 10.1. The van der Waals surface area contributed by atoms with Gasteiger partial charge in [-0.05, 0) is 116 Å². The maximum absolute atomic E-state index is 13.5. The van der Waals surface area contributed by atoms with Crippen molar-refractivity contribution in [3.63, 3.8) is 0 Å². The van der Waals surface area contributed by atoms with Gasteiger partial charge in [-0.1, -0.05) is 277 Å². The Balaban J connectivity index is 2.63. The largest absolute Gasteiger partial charge is 0.454 e. The lowest BCUT2D eigenvalue weighted by Gasteiger charge is -2.41. The third-order valence-electron chi connectivity index (χ3n) is 15.6. The van der Waals surface area contributed by atoms with E-state index in [4.69, 9.17) is 14.2 Å². The van der Waals surface area contributed by atoms with Gasteiger partial charge in [0.15, 0.2) is 12.4 Å². The SMILES string of the molecule is CC/C=C\C/C=C\C/C=C\C/C=C\C/C=C\CCCCCCCCCC(=O)OC1C(OCC(NC(=O)C(O)CCCCCCCC/C=C\C/C=C\C/C=C\C/C=C\CCCCC)C(O)/C=C/CCCCCCCCCCCC)OC(CO)C(O)C1O. The van der Waals surface area contributed by atoms with Crippen LogP contribution in [0.2, 0.25) is 0 Å². The van der Waals surface area contributed by atoms with E-state index in [0.29, 0.717) is 12.8 Å². The molecule has 0 spiro atoms. The summed E-state index contributed by atoms with van der Waals surface area (Å²) in [5, 5.41) is 57.2. The molecule has 0 aromatic heterocycles. The number of hydrogen-bond donors (Lipinski definition) is 6. The first-order valence-electron chi connectivity index (χ1n) is 34.8. The Bertz CT molecular complexity index is 1860. The Morgan fingerprint density at radius 2 is 0.837 bits per heavy atom. The van der Waals surface area contributed by atoms with Gasteiger partial charge in [-0.3, -0.25) is 9.59 Å². The van der Waals surface area contributed by atoms with Gasteiger partial charge >= 0.3 is 5.97 Å². The Kier molecular flexibility index (Phi) is 57.1. The number of allylic oxidation sites excluding steroid dienone is 19. The second-order valence-corrected chi connectivity index (χ2v) is 23.5. The molecule has 0 bridgehead atoms. The Morgan fingerprint density at radius 1 is 0.465 bits per heavy atom. The second kappa shape index (κ2) is 61.3. The number of aliphatic hydroxyl groups is 5. The summed E-state index contributed by atoms with van der Waals surface area (Å²) < 4.78 is 17.7. The van der Waals surface area contributed by atoms with Gasteiger partial charge in [-0.15, -0.1) is 0 Å². The number of amides is 1. The van der Waals surface area contributed by atoms with Crippen LogP contribution in [0, 0.1) is 0 Å². The normalized spacial score (nSPS) is 19.1. The average Bonchev–Trinajstić information content (AvgIpc) is 3.39. The first-order valence-corrected chi connectivity index (χ1v) is 34.8. The van der Waals surface area contributed by atoms with Crippen LogP contribution in [0.5, 0.6) is 0 Å². The van der Waals surface area contributed by atoms with Crippen LogP contribution in [0.3, 0.4) is 0 Å². The summed E-state index contributed by atoms with van der Waals surface area (Å²) >= 11 is 0. The minimum atomic E-state index is -1.63. The maximum atomic E-state index is 13.5. The standard InChI is InChI=1S/C75H127NO10/c1-4-7-10-13-16-19-22-25-27-29-31-33-35-37-39-41-43-45-48-51-54-57-60-63-70(80)86-73-72(82)71(81)69(64-77)85-75(73)84-65-66(67(78)61-58-55-52-49-46-24-21-18-15-12-9-6-3)76-74(83)68(79)62-59-56-53-50-47-44-42-40-38-36-34-32-30-28-26-23-20-17-14-11-8-5-2/h7,10,16-17,19-20,25-28,31-34,37-40,58,61,66-69,71-73,75,77-79,81-82H,4-6,8-9,11-15,18,21-24,29-30,35-36,41-57,59-60,62-65H2,1-3H3,(H,76,83)/b10-7-,19-16-,20-17-,27-25-,28-26-,33-31-,34-32-,39-37-,40-38-,61-58+. The van der Waals surface area contributed by atoms with Crippen molar-refractivity contribution in [2.45, 2.75) is 327 Å². The molecule has 11 heteroatoms. The van der Waals surface area contributed by atoms with Crippen LogP contribution in [-0.4, -0.2) is 99.6 Å². The zero-order valence-corrected chi connectivity index (χ0v) is 54.6. The minimum absolute atomic E-state index is 0.103. The molecule has 0 aromatic rings. The highest BCUT2D eigenvalue weighted by molar-refractivity contribution is 5.80. The van der Waals surface area contributed by atoms with Crippen molar-refractivity contribution in [1.82, 2.24) is 5.32 Å². The predicted octanol–water partition coefficient (Wildman–Crippen LogP) is 17.8. The van der Waals surface area contributed by atoms with E-state index in [0.717, 1.165) is 161 Å². The number of aliphatic hydroxyl groups excluding tert-OH is 5. The smallest absolute Gasteiger partial charge is 0.306 e. The van der Waals surface area contributed by atoms with Crippen molar-refractivity contribution in [3.05, 3.63) is 122 Å². The highest BCUT2D eigenvalue weighted by Gasteiger charge is 2.47. The molecule has 1 rings (SSSR count). The molecule has 1 saturated heterocycles. The van der Waals surface area contributed by atoms with Gasteiger partial charge in [0.05, 0.1) is 25.4 Å². The lowest BCUT2D eigenvalue weighted by atomic mass is 9.99.